The topological polar surface area (TPSA) is 26.0 Å². The van der Waals surface area contributed by atoms with E-state index in [2.05, 4.69) is 65.7 Å². The second kappa shape index (κ2) is 5.60. The molecule has 0 aliphatic carbocycles. The van der Waals surface area contributed by atoms with Crippen LogP contribution in [0.2, 0.25) is 0 Å². The van der Waals surface area contributed by atoms with Gasteiger partial charge in [-0.3, -0.25) is 0 Å². The Bertz CT molecular complexity index is 1210. The largest absolute Gasteiger partial charge is 0.437 e. The summed E-state index contributed by atoms with van der Waals surface area (Å²) in [5.41, 5.74) is 2.85. The zero-order chi connectivity index (χ0) is 16.6. The van der Waals surface area contributed by atoms with E-state index in [0.29, 0.717) is 5.89 Å². The van der Waals surface area contributed by atoms with Gasteiger partial charge in [-0.15, -0.1) is 0 Å². The quantitative estimate of drug-likeness (QED) is 0.356. The van der Waals surface area contributed by atoms with Crippen molar-refractivity contribution in [2.24, 2.45) is 0 Å². The molecule has 0 atom stereocenters. The number of fused-ring (bicyclic) bond motifs is 4. The van der Waals surface area contributed by atoms with Crippen molar-refractivity contribution in [3.8, 4) is 0 Å². The first-order valence-electron chi connectivity index (χ1n) is 8.33. The van der Waals surface area contributed by atoms with Gasteiger partial charge in [0.15, 0.2) is 5.58 Å². The van der Waals surface area contributed by atoms with Gasteiger partial charge in [-0.05, 0) is 51.4 Å². The Morgan fingerprint density at radius 1 is 0.680 bits per heavy atom. The van der Waals surface area contributed by atoms with E-state index < -0.39 is 0 Å². The highest BCUT2D eigenvalue weighted by Crippen LogP contribution is 2.30. The zero-order valence-electron chi connectivity index (χ0n) is 13.5. The second-order valence-electron chi connectivity index (χ2n) is 6.09. The molecule has 0 bridgehead atoms. The lowest BCUT2D eigenvalue weighted by molar-refractivity contribution is 0.590. The molecule has 4 aromatic carbocycles. The van der Waals surface area contributed by atoms with Crippen LogP contribution in [0.3, 0.4) is 0 Å². The minimum absolute atomic E-state index is 0.624. The first-order valence-corrected chi connectivity index (χ1v) is 8.33. The first kappa shape index (κ1) is 14.0. The molecule has 1 aromatic heterocycles. The average Bonchev–Trinajstić information content (AvgIpc) is 3.09. The first-order chi connectivity index (χ1) is 12.4. The maximum atomic E-state index is 5.79. The molecule has 1 heterocycles. The van der Waals surface area contributed by atoms with Crippen LogP contribution in [0.1, 0.15) is 11.5 Å². The molecule has 0 saturated heterocycles. The standard InChI is InChI=1S/C23H15NO/c1-2-8-18-16(7-1)15-17(19-9-3-4-10-20(18)19)13-14-23-24-21-11-5-6-12-22(21)25-23/h1-15H. The lowest BCUT2D eigenvalue weighted by Crippen LogP contribution is -1.82. The normalized spacial score (nSPS) is 11.8. The predicted octanol–water partition coefficient (Wildman–Crippen LogP) is 6.30. The van der Waals surface area contributed by atoms with Crippen LogP contribution in [0.25, 0.3) is 44.8 Å². The van der Waals surface area contributed by atoms with Gasteiger partial charge in [-0.2, -0.15) is 0 Å². The summed E-state index contributed by atoms with van der Waals surface area (Å²) in [6.07, 6.45) is 4.02. The van der Waals surface area contributed by atoms with Gasteiger partial charge in [-0.1, -0.05) is 60.7 Å². The summed E-state index contributed by atoms with van der Waals surface area (Å²) in [5.74, 6) is 0.624. The predicted molar refractivity (Wildman–Crippen MR) is 104 cm³/mol. The third-order valence-corrected chi connectivity index (χ3v) is 4.52. The lowest BCUT2D eigenvalue weighted by atomic mass is 9.97. The summed E-state index contributed by atoms with van der Waals surface area (Å²) in [6, 6.07) is 27.0. The number of rotatable bonds is 2. The van der Waals surface area contributed by atoms with Crippen molar-refractivity contribution >= 4 is 44.8 Å². The molecule has 2 heteroatoms. The van der Waals surface area contributed by atoms with Gasteiger partial charge in [0.05, 0.1) is 0 Å². The summed E-state index contributed by atoms with van der Waals surface area (Å²) in [5, 5.41) is 5.00. The number of para-hydroxylation sites is 2. The van der Waals surface area contributed by atoms with E-state index >= 15 is 0 Å². The number of hydrogen-bond donors (Lipinski definition) is 0. The van der Waals surface area contributed by atoms with Crippen molar-refractivity contribution in [2.45, 2.75) is 0 Å². The van der Waals surface area contributed by atoms with E-state index in [1.165, 1.54) is 21.5 Å². The van der Waals surface area contributed by atoms with Crippen LogP contribution in [0.5, 0.6) is 0 Å². The second-order valence-corrected chi connectivity index (χ2v) is 6.09. The van der Waals surface area contributed by atoms with Crippen LogP contribution >= 0.6 is 0 Å². The molecule has 0 spiro atoms. The smallest absolute Gasteiger partial charge is 0.220 e. The van der Waals surface area contributed by atoms with Gasteiger partial charge in [-0.25, -0.2) is 4.98 Å². The van der Waals surface area contributed by atoms with Crippen molar-refractivity contribution in [1.82, 2.24) is 4.98 Å². The van der Waals surface area contributed by atoms with Gasteiger partial charge >= 0.3 is 0 Å². The third-order valence-electron chi connectivity index (χ3n) is 4.52. The van der Waals surface area contributed by atoms with Crippen molar-refractivity contribution in [1.29, 1.82) is 0 Å². The van der Waals surface area contributed by atoms with Crippen LogP contribution in [-0.4, -0.2) is 4.98 Å². The summed E-state index contributed by atoms with van der Waals surface area (Å²) in [6.45, 7) is 0. The molecule has 0 N–H and O–H groups in total. The molecule has 0 unspecified atom stereocenters. The van der Waals surface area contributed by atoms with Gasteiger partial charge in [0.1, 0.15) is 5.52 Å². The monoisotopic (exact) mass is 321 g/mol. The number of hydrogen-bond acceptors (Lipinski definition) is 2. The van der Waals surface area contributed by atoms with E-state index in [9.17, 15) is 0 Å². The van der Waals surface area contributed by atoms with Gasteiger partial charge in [0, 0.05) is 6.08 Å². The molecule has 0 amide bonds. The highest BCUT2D eigenvalue weighted by atomic mass is 16.3. The van der Waals surface area contributed by atoms with Crippen molar-refractivity contribution in [3.63, 3.8) is 0 Å². The number of aromatic nitrogens is 1. The van der Waals surface area contributed by atoms with Crippen molar-refractivity contribution in [3.05, 3.63) is 90.3 Å². The van der Waals surface area contributed by atoms with Crippen LogP contribution in [0.15, 0.2) is 83.3 Å². The van der Waals surface area contributed by atoms with E-state index in [0.717, 1.165) is 16.7 Å². The highest BCUT2D eigenvalue weighted by molar-refractivity contribution is 6.11. The van der Waals surface area contributed by atoms with Crippen LogP contribution < -0.4 is 0 Å². The van der Waals surface area contributed by atoms with Crippen LogP contribution in [0.4, 0.5) is 0 Å². The molecule has 25 heavy (non-hydrogen) atoms. The molecule has 5 rings (SSSR count). The SMILES string of the molecule is C(=Cc1cc2ccccc2c2ccccc12)c1nc2ccccc2o1. The Hall–Kier alpha value is -3.39. The Kier molecular flexibility index (Phi) is 3.14. The summed E-state index contributed by atoms with van der Waals surface area (Å²) in [7, 11) is 0. The molecule has 2 nitrogen and oxygen atoms in total. The summed E-state index contributed by atoms with van der Waals surface area (Å²) in [4.78, 5) is 4.52. The minimum Gasteiger partial charge on any atom is -0.437 e. The molecule has 0 saturated carbocycles. The maximum absolute atomic E-state index is 5.79. The van der Waals surface area contributed by atoms with Crippen molar-refractivity contribution < 1.29 is 4.42 Å². The Morgan fingerprint density at radius 3 is 2.28 bits per heavy atom. The van der Waals surface area contributed by atoms with E-state index in [4.69, 9.17) is 4.42 Å². The molecular formula is C23H15NO. The molecular weight excluding hydrogens is 306 g/mol. The fourth-order valence-electron chi connectivity index (χ4n) is 3.34. The average molecular weight is 321 g/mol. The molecule has 0 fully saturated rings. The molecule has 118 valence electrons. The van der Waals surface area contributed by atoms with E-state index in [-0.39, 0.29) is 0 Å². The van der Waals surface area contributed by atoms with Crippen LogP contribution in [0, 0.1) is 0 Å². The third kappa shape index (κ3) is 2.39. The maximum Gasteiger partial charge on any atom is 0.220 e. The lowest BCUT2D eigenvalue weighted by Gasteiger charge is -2.07. The Balaban J connectivity index is 1.68. The Morgan fingerprint density at radius 2 is 1.40 bits per heavy atom. The van der Waals surface area contributed by atoms with Crippen molar-refractivity contribution in [2.75, 3.05) is 0 Å². The zero-order valence-corrected chi connectivity index (χ0v) is 13.5. The fourth-order valence-corrected chi connectivity index (χ4v) is 3.34. The number of benzene rings is 4. The number of oxazole rings is 1. The van der Waals surface area contributed by atoms with Crippen LogP contribution in [-0.2, 0) is 0 Å². The fraction of sp³-hybridized carbons (Fsp3) is 0. The molecule has 0 aliphatic heterocycles. The highest BCUT2D eigenvalue weighted by Gasteiger charge is 2.05. The molecule has 0 aliphatic rings. The van der Waals surface area contributed by atoms with Gasteiger partial charge in [0.25, 0.3) is 0 Å². The summed E-state index contributed by atoms with van der Waals surface area (Å²) >= 11 is 0. The van der Waals surface area contributed by atoms with E-state index in [1.807, 2.05) is 30.3 Å². The number of nitrogens with zero attached hydrogens (tertiary/aromatic N) is 1. The molecule has 5 aromatic rings. The van der Waals surface area contributed by atoms with E-state index in [1.54, 1.807) is 0 Å². The summed E-state index contributed by atoms with van der Waals surface area (Å²) < 4.78 is 5.79. The molecule has 0 radical (unpaired) electrons. The minimum atomic E-state index is 0.624. The van der Waals surface area contributed by atoms with Gasteiger partial charge < -0.3 is 4.42 Å². The van der Waals surface area contributed by atoms with Gasteiger partial charge in [0.2, 0.25) is 5.89 Å². The Labute approximate surface area is 145 Å².